The lowest BCUT2D eigenvalue weighted by molar-refractivity contribution is 1.28. The molecular weight excluding hydrogens is 663 g/mol. The maximum Gasteiger partial charge on any atom is 0.0540 e. The lowest BCUT2D eigenvalue weighted by Gasteiger charge is -2.28. The number of benzene rings is 10. The summed E-state index contributed by atoms with van der Waals surface area (Å²) in [4.78, 5) is 2.41. The Balaban J connectivity index is 1.10. The number of para-hydroxylation sites is 1. The summed E-state index contributed by atoms with van der Waals surface area (Å²) < 4.78 is 0. The van der Waals surface area contributed by atoms with Gasteiger partial charge in [-0.15, -0.1) is 0 Å². The zero-order chi connectivity index (χ0) is 36.6. The van der Waals surface area contributed by atoms with E-state index in [1.807, 2.05) is 0 Å². The number of anilines is 3. The van der Waals surface area contributed by atoms with Gasteiger partial charge in [0.25, 0.3) is 0 Å². The van der Waals surface area contributed by atoms with Gasteiger partial charge >= 0.3 is 0 Å². The summed E-state index contributed by atoms with van der Waals surface area (Å²) in [5.74, 6) is 0. The quantitative estimate of drug-likeness (QED) is 0.150. The van der Waals surface area contributed by atoms with Crippen molar-refractivity contribution in [2.75, 3.05) is 4.90 Å². The number of fused-ring (bicyclic) bond motifs is 4. The van der Waals surface area contributed by atoms with Crippen molar-refractivity contribution in [2.45, 2.75) is 0 Å². The molecule has 0 saturated carbocycles. The fourth-order valence-electron chi connectivity index (χ4n) is 8.06. The van der Waals surface area contributed by atoms with Crippen LogP contribution in [0.3, 0.4) is 0 Å². The molecule has 0 saturated heterocycles. The van der Waals surface area contributed by atoms with Crippen LogP contribution in [0, 0.1) is 0 Å². The Bertz CT molecular complexity index is 2940. The number of rotatable bonds is 7. The lowest BCUT2D eigenvalue weighted by atomic mass is 9.92. The molecule has 0 amide bonds. The molecule has 0 radical (unpaired) electrons. The lowest BCUT2D eigenvalue weighted by Crippen LogP contribution is -2.11. The van der Waals surface area contributed by atoms with Crippen LogP contribution >= 0.6 is 0 Å². The van der Waals surface area contributed by atoms with E-state index < -0.39 is 0 Å². The van der Waals surface area contributed by atoms with Crippen molar-refractivity contribution < 1.29 is 0 Å². The topological polar surface area (TPSA) is 3.24 Å². The number of nitrogens with zero attached hydrogens (tertiary/aromatic N) is 1. The average molecular weight is 700 g/mol. The van der Waals surface area contributed by atoms with Crippen molar-refractivity contribution in [3.8, 4) is 44.5 Å². The summed E-state index contributed by atoms with van der Waals surface area (Å²) in [6, 6.07) is 81.5. The van der Waals surface area contributed by atoms with Crippen LogP contribution in [0.15, 0.2) is 224 Å². The van der Waals surface area contributed by atoms with Gasteiger partial charge in [0.2, 0.25) is 0 Å². The van der Waals surface area contributed by atoms with Gasteiger partial charge in [-0.05, 0) is 114 Å². The molecule has 258 valence electrons. The molecule has 0 atom stereocenters. The van der Waals surface area contributed by atoms with Crippen LogP contribution in [0.4, 0.5) is 17.1 Å². The molecule has 0 aromatic heterocycles. The molecule has 55 heavy (non-hydrogen) atoms. The molecule has 0 bridgehead atoms. The van der Waals surface area contributed by atoms with Crippen LogP contribution in [-0.4, -0.2) is 0 Å². The van der Waals surface area contributed by atoms with Gasteiger partial charge in [-0.3, -0.25) is 0 Å². The molecular formula is C54H37N. The Morgan fingerprint density at radius 2 is 0.691 bits per heavy atom. The van der Waals surface area contributed by atoms with Crippen LogP contribution < -0.4 is 4.90 Å². The highest BCUT2D eigenvalue weighted by molar-refractivity contribution is 6.15. The van der Waals surface area contributed by atoms with Gasteiger partial charge in [0.1, 0.15) is 0 Å². The zero-order valence-electron chi connectivity index (χ0n) is 30.3. The van der Waals surface area contributed by atoms with E-state index in [0.29, 0.717) is 0 Å². The van der Waals surface area contributed by atoms with Gasteiger partial charge < -0.3 is 4.90 Å². The van der Waals surface area contributed by atoms with E-state index in [0.717, 1.165) is 17.1 Å². The van der Waals surface area contributed by atoms with Gasteiger partial charge in [0, 0.05) is 16.9 Å². The maximum atomic E-state index is 2.41. The van der Waals surface area contributed by atoms with Crippen molar-refractivity contribution in [3.05, 3.63) is 224 Å². The number of hydrogen-bond acceptors (Lipinski definition) is 1. The predicted molar refractivity (Wildman–Crippen MR) is 235 cm³/mol. The molecule has 10 aromatic carbocycles. The molecule has 10 rings (SSSR count). The Hall–Kier alpha value is -7.22. The van der Waals surface area contributed by atoms with Gasteiger partial charge in [0.15, 0.2) is 0 Å². The highest BCUT2D eigenvalue weighted by Crippen LogP contribution is 2.45. The molecule has 1 heteroatoms. The third-order valence-electron chi connectivity index (χ3n) is 10.9. The first kappa shape index (κ1) is 32.4. The van der Waals surface area contributed by atoms with Crippen LogP contribution in [-0.2, 0) is 0 Å². The summed E-state index contributed by atoms with van der Waals surface area (Å²) in [7, 11) is 0. The summed E-state index contributed by atoms with van der Waals surface area (Å²) in [5, 5.41) is 7.51. The van der Waals surface area contributed by atoms with E-state index >= 15 is 0 Å². The van der Waals surface area contributed by atoms with E-state index in [9.17, 15) is 0 Å². The fourth-order valence-corrected chi connectivity index (χ4v) is 8.06. The monoisotopic (exact) mass is 699 g/mol. The van der Waals surface area contributed by atoms with Crippen LogP contribution in [0.2, 0.25) is 0 Å². The van der Waals surface area contributed by atoms with E-state index in [1.165, 1.54) is 76.8 Å². The van der Waals surface area contributed by atoms with E-state index in [-0.39, 0.29) is 0 Å². The molecule has 0 heterocycles. The third kappa shape index (κ3) is 6.12. The minimum atomic E-state index is 1.10. The van der Waals surface area contributed by atoms with Crippen LogP contribution in [0.25, 0.3) is 76.8 Å². The highest BCUT2D eigenvalue weighted by atomic mass is 15.1. The van der Waals surface area contributed by atoms with E-state index in [4.69, 9.17) is 0 Å². The van der Waals surface area contributed by atoms with Crippen molar-refractivity contribution in [1.29, 1.82) is 0 Å². The molecule has 0 aliphatic carbocycles. The molecule has 0 fully saturated rings. The molecule has 10 aromatic rings. The average Bonchev–Trinajstić information content (AvgIpc) is 3.27. The predicted octanol–water partition coefficient (Wildman–Crippen LogP) is 15.3. The second kappa shape index (κ2) is 14.0. The summed E-state index contributed by atoms with van der Waals surface area (Å²) in [6.07, 6.45) is 0. The van der Waals surface area contributed by atoms with E-state index in [2.05, 4.69) is 229 Å². The van der Waals surface area contributed by atoms with Crippen LogP contribution in [0.1, 0.15) is 0 Å². The molecule has 0 N–H and O–H groups in total. The van der Waals surface area contributed by atoms with Crippen molar-refractivity contribution >= 4 is 49.4 Å². The molecule has 1 nitrogen and oxygen atoms in total. The second-order valence-electron chi connectivity index (χ2n) is 14.1. The highest BCUT2D eigenvalue weighted by Gasteiger charge is 2.19. The third-order valence-corrected chi connectivity index (χ3v) is 10.9. The minimum Gasteiger partial charge on any atom is -0.310 e. The van der Waals surface area contributed by atoms with Crippen molar-refractivity contribution in [3.63, 3.8) is 0 Å². The molecule has 0 aliphatic heterocycles. The Morgan fingerprint density at radius 1 is 0.236 bits per heavy atom. The second-order valence-corrected chi connectivity index (χ2v) is 14.1. The molecule has 0 aliphatic rings. The minimum absolute atomic E-state index is 1.10. The van der Waals surface area contributed by atoms with Gasteiger partial charge in [-0.2, -0.15) is 0 Å². The zero-order valence-corrected chi connectivity index (χ0v) is 30.3. The van der Waals surface area contributed by atoms with Gasteiger partial charge in [-0.1, -0.05) is 182 Å². The smallest absolute Gasteiger partial charge is 0.0540 e. The van der Waals surface area contributed by atoms with Gasteiger partial charge in [0.05, 0.1) is 5.69 Å². The first-order valence-corrected chi connectivity index (χ1v) is 18.9. The largest absolute Gasteiger partial charge is 0.310 e. The van der Waals surface area contributed by atoms with E-state index in [1.54, 1.807) is 0 Å². The van der Waals surface area contributed by atoms with Crippen molar-refractivity contribution in [1.82, 2.24) is 0 Å². The van der Waals surface area contributed by atoms with Crippen LogP contribution in [0.5, 0.6) is 0 Å². The fraction of sp³-hybridized carbons (Fsp3) is 0. The molecule has 0 unspecified atom stereocenters. The molecule has 0 spiro atoms. The Labute approximate surface area is 322 Å². The summed E-state index contributed by atoms with van der Waals surface area (Å²) in [5.41, 5.74) is 13.0. The van der Waals surface area contributed by atoms with Crippen molar-refractivity contribution in [2.24, 2.45) is 0 Å². The SMILES string of the molecule is c1ccc(-c2ccc(-c3ccc(N(c4ccc(-c5ccc6ccccc6c5)cc4)c4ccccc4-c4cc5ccccc5c5ccccc45)cc3)cc2)cc1. The summed E-state index contributed by atoms with van der Waals surface area (Å²) >= 11 is 0. The standard InChI is InChI=1S/C54H37N/c1-2-12-38(13-3-1)40-22-24-41(25-23-40)42-28-32-47(33-29-42)55(48-34-30-43(31-35-48)45-27-26-39-14-4-5-15-44(39)36-45)54-21-11-10-20-52(54)53-37-46-16-6-7-17-49(46)50-18-8-9-19-51(50)53/h1-37H. The summed E-state index contributed by atoms with van der Waals surface area (Å²) in [6.45, 7) is 0. The normalized spacial score (nSPS) is 11.3. The Kier molecular flexibility index (Phi) is 8.24. The first-order valence-electron chi connectivity index (χ1n) is 18.9. The number of hydrogen-bond donors (Lipinski definition) is 0. The van der Waals surface area contributed by atoms with Gasteiger partial charge in [-0.25, -0.2) is 0 Å². The maximum absolute atomic E-state index is 2.41. The Morgan fingerprint density at radius 3 is 1.36 bits per heavy atom. The first-order chi connectivity index (χ1) is 27.3.